The molecular weight excluding hydrogens is 314 g/mol. The predicted octanol–water partition coefficient (Wildman–Crippen LogP) is 5.80. The topological polar surface area (TPSA) is 23.8 Å². The first-order valence-electron chi connectivity index (χ1n) is 8.83. The van der Waals surface area contributed by atoms with Crippen LogP contribution < -0.4 is 0 Å². The Bertz CT molecular complexity index is 1020. The van der Waals surface area contributed by atoms with Gasteiger partial charge < -0.3 is 0 Å². The summed E-state index contributed by atoms with van der Waals surface area (Å²) in [5.41, 5.74) is 8.49. The van der Waals surface area contributed by atoms with Crippen LogP contribution in [0.1, 0.15) is 40.3 Å². The van der Waals surface area contributed by atoms with Gasteiger partial charge in [-0.05, 0) is 72.9 Å². The molecule has 1 heteroatoms. The van der Waals surface area contributed by atoms with Crippen LogP contribution in [0.3, 0.4) is 0 Å². The van der Waals surface area contributed by atoms with Crippen molar-refractivity contribution >= 4 is 0 Å². The maximum atomic E-state index is 9.33. The molecule has 0 N–H and O–H groups in total. The van der Waals surface area contributed by atoms with Gasteiger partial charge in [0, 0.05) is 11.1 Å². The smallest absolute Gasteiger partial charge is 0.0997 e. The number of nitrogens with zero attached hydrogens (tertiary/aromatic N) is 1. The van der Waals surface area contributed by atoms with E-state index in [1.165, 1.54) is 5.56 Å². The SMILES string of the molecule is CCc1cc(-c2ccc(C#Cc3ccc(C)cc3)cc2)cc(C)c1C#N. The van der Waals surface area contributed by atoms with E-state index in [9.17, 15) is 5.26 Å². The van der Waals surface area contributed by atoms with Crippen molar-refractivity contribution in [3.05, 3.63) is 94.0 Å². The fraction of sp³-hybridized carbons (Fsp3) is 0.160. The lowest BCUT2D eigenvalue weighted by Crippen LogP contribution is -1.93. The molecule has 0 aliphatic rings. The highest BCUT2D eigenvalue weighted by molar-refractivity contribution is 5.68. The van der Waals surface area contributed by atoms with Gasteiger partial charge in [-0.15, -0.1) is 0 Å². The summed E-state index contributed by atoms with van der Waals surface area (Å²) in [7, 11) is 0. The Labute approximate surface area is 155 Å². The van der Waals surface area contributed by atoms with E-state index in [1.54, 1.807) is 0 Å². The lowest BCUT2D eigenvalue weighted by molar-refractivity contribution is 1.12. The van der Waals surface area contributed by atoms with Crippen molar-refractivity contribution in [2.24, 2.45) is 0 Å². The molecule has 0 spiro atoms. The first kappa shape index (κ1) is 17.5. The Morgan fingerprint density at radius 1 is 0.769 bits per heavy atom. The average molecular weight is 335 g/mol. The molecule has 26 heavy (non-hydrogen) atoms. The van der Waals surface area contributed by atoms with Gasteiger partial charge in [0.05, 0.1) is 11.6 Å². The lowest BCUT2D eigenvalue weighted by Gasteiger charge is -2.09. The number of hydrogen-bond donors (Lipinski definition) is 0. The van der Waals surface area contributed by atoms with Crippen LogP contribution in [0.5, 0.6) is 0 Å². The van der Waals surface area contributed by atoms with Gasteiger partial charge in [0.15, 0.2) is 0 Å². The molecule has 126 valence electrons. The Morgan fingerprint density at radius 2 is 1.35 bits per heavy atom. The van der Waals surface area contributed by atoms with Crippen molar-refractivity contribution in [1.82, 2.24) is 0 Å². The van der Waals surface area contributed by atoms with E-state index in [-0.39, 0.29) is 0 Å². The molecule has 0 amide bonds. The number of rotatable bonds is 2. The summed E-state index contributed by atoms with van der Waals surface area (Å²) in [5.74, 6) is 6.42. The van der Waals surface area contributed by atoms with E-state index in [4.69, 9.17) is 0 Å². The molecule has 0 aromatic heterocycles. The van der Waals surface area contributed by atoms with Crippen LogP contribution in [-0.4, -0.2) is 0 Å². The molecular formula is C25H21N. The third-order valence-electron chi connectivity index (χ3n) is 4.53. The van der Waals surface area contributed by atoms with E-state index in [2.05, 4.69) is 80.3 Å². The molecule has 0 aliphatic carbocycles. The zero-order chi connectivity index (χ0) is 18.5. The summed E-state index contributed by atoms with van der Waals surface area (Å²) >= 11 is 0. The molecule has 0 fully saturated rings. The highest BCUT2D eigenvalue weighted by atomic mass is 14.3. The van der Waals surface area contributed by atoms with Crippen LogP contribution in [0.15, 0.2) is 60.7 Å². The minimum atomic E-state index is 0.803. The van der Waals surface area contributed by atoms with E-state index in [0.29, 0.717) is 0 Å². The van der Waals surface area contributed by atoms with Crippen molar-refractivity contribution in [3.63, 3.8) is 0 Å². The molecule has 0 saturated heterocycles. The van der Waals surface area contributed by atoms with Gasteiger partial charge in [-0.3, -0.25) is 0 Å². The van der Waals surface area contributed by atoms with Gasteiger partial charge in [-0.1, -0.05) is 54.7 Å². The third kappa shape index (κ3) is 3.85. The normalized spacial score (nSPS) is 9.92. The summed E-state index contributed by atoms with van der Waals surface area (Å²) in [5, 5.41) is 9.33. The molecule has 0 unspecified atom stereocenters. The Hall–Kier alpha value is -3.29. The van der Waals surface area contributed by atoms with Gasteiger partial charge in [0.25, 0.3) is 0 Å². The van der Waals surface area contributed by atoms with Crippen molar-refractivity contribution in [2.45, 2.75) is 27.2 Å². The standard InChI is InChI=1S/C25H21N/c1-4-22-16-24(15-19(3)25(22)17-26)23-13-11-21(12-14-23)10-9-20-7-5-18(2)6-8-20/h5-8,11-16H,4H2,1-3H3. The van der Waals surface area contributed by atoms with Crippen LogP contribution in [0.25, 0.3) is 11.1 Å². The number of nitriles is 1. The largest absolute Gasteiger partial charge is 0.192 e. The van der Waals surface area contributed by atoms with E-state index < -0.39 is 0 Å². The van der Waals surface area contributed by atoms with Crippen LogP contribution in [-0.2, 0) is 6.42 Å². The summed E-state index contributed by atoms with van der Waals surface area (Å²) in [6.07, 6.45) is 0.859. The van der Waals surface area contributed by atoms with Crippen molar-refractivity contribution in [3.8, 4) is 29.0 Å². The van der Waals surface area contributed by atoms with Crippen molar-refractivity contribution < 1.29 is 0 Å². The molecule has 0 radical (unpaired) electrons. The molecule has 0 bridgehead atoms. The molecule has 3 aromatic rings. The second-order valence-electron chi connectivity index (χ2n) is 6.49. The van der Waals surface area contributed by atoms with E-state index >= 15 is 0 Å². The second-order valence-corrected chi connectivity index (χ2v) is 6.49. The molecule has 3 rings (SSSR count). The number of aryl methyl sites for hydroxylation is 3. The first-order chi connectivity index (χ1) is 12.6. The summed E-state index contributed by atoms with van der Waals surface area (Å²) in [6.45, 7) is 6.16. The number of benzene rings is 3. The average Bonchev–Trinajstić information content (AvgIpc) is 2.67. The van der Waals surface area contributed by atoms with Crippen LogP contribution in [0, 0.1) is 37.0 Å². The Morgan fingerprint density at radius 3 is 1.88 bits per heavy atom. The Kier molecular flexibility index (Phi) is 5.21. The molecule has 3 aromatic carbocycles. The maximum Gasteiger partial charge on any atom is 0.0997 e. The zero-order valence-corrected chi connectivity index (χ0v) is 15.4. The second kappa shape index (κ2) is 7.73. The van der Waals surface area contributed by atoms with Gasteiger partial charge >= 0.3 is 0 Å². The summed E-state index contributed by atoms with van der Waals surface area (Å²) in [6, 6.07) is 23.1. The Balaban J connectivity index is 1.88. The van der Waals surface area contributed by atoms with E-state index in [0.717, 1.165) is 45.4 Å². The van der Waals surface area contributed by atoms with Gasteiger partial charge in [-0.2, -0.15) is 5.26 Å². The lowest BCUT2D eigenvalue weighted by atomic mass is 9.94. The number of hydrogen-bond acceptors (Lipinski definition) is 1. The van der Waals surface area contributed by atoms with Crippen LogP contribution in [0.2, 0.25) is 0 Å². The summed E-state index contributed by atoms with van der Waals surface area (Å²) < 4.78 is 0. The highest BCUT2D eigenvalue weighted by Crippen LogP contribution is 2.26. The minimum Gasteiger partial charge on any atom is -0.192 e. The fourth-order valence-corrected chi connectivity index (χ4v) is 2.99. The summed E-state index contributed by atoms with van der Waals surface area (Å²) in [4.78, 5) is 0. The molecule has 0 saturated carbocycles. The maximum absolute atomic E-state index is 9.33. The molecule has 0 aliphatic heterocycles. The van der Waals surface area contributed by atoms with Gasteiger partial charge in [-0.25, -0.2) is 0 Å². The fourth-order valence-electron chi connectivity index (χ4n) is 2.99. The van der Waals surface area contributed by atoms with Gasteiger partial charge in [0.2, 0.25) is 0 Å². The van der Waals surface area contributed by atoms with E-state index in [1.807, 2.05) is 19.1 Å². The van der Waals surface area contributed by atoms with Crippen molar-refractivity contribution in [1.29, 1.82) is 5.26 Å². The minimum absolute atomic E-state index is 0.803. The zero-order valence-electron chi connectivity index (χ0n) is 15.4. The third-order valence-corrected chi connectivity index (χ3v) is 4.53. The molecule has 0 atom stereocenters. The monoisotopic (exact) mass is 335 g/mol. The van der Waals surface area contributed by atoms with Crippen LogP contribution >= 0.6 is 0 Å². The van der Waals surface area contributed by atoms with Crippen LogP contribution in [0.4, 0.5) is 0 Å². The van der Waals surface area contributed by atoms with Gasteiger partial charge in [0.1, 0.15) is 0 Å². The predicted molar refractivity (Wildman–Crippen MR) is 108 cm³/mol. The highest BCUT2D eigenvalue weighted by Gasteiger charge is 2.08. The van der Waals surface area contributed by atoms with Crippen molar-refractivity contribution in [2.75, 3.05) is 0 Å². The molecule has 1 nitrogen and oxygen atoms in total. The molecule has 0 heterocycles. The first-order valence-corrected chi connectivity index (χ1v) is 8.83. The quantitative estimate of drug-likeness (QED) is 0.543.